The summed E-state index contributed by atoms with van der Waals surface area (Å²) in [6.45, 7) is 10.3. The fourth-order valence-corrected chi connectivity index (χ4v) is 2.67. The molecule has 0 aromatic heterocycles. The van der Waals surface area contributed by atoms with E-state index in [1.165, 1.54) is 25.7 Å². The lowest BCUT2D eigenvalue weighted by Gasteiger charge is -2.26. The minimum Gasteiger partial charge on any atom is -0.356 e. The van der Waals surface area contributed by atoms with Crippen molar-refractivity contribution in [3.63, 3.8) is 0 Å². The molecule has 1 aliphatic carbocycles. The molecule has 112 valence electrons. The second-order valence-electron chi connectivity index (χ2n) is 7.19. The van der Waals surface area contributed by atoms with Gasteiger partial charge in [0.05, 0.1) is 0 Å². The van der Waals surface area contributed by atoms with E-state index in [0.29, 0.717) is 6.42 Å². The molecule has 1 saturated carbocycles. The Bertz CT molecular complexity index is 262. The van der Waals surface area contributed by atoms with Crippen molar-refractivity contribution in [3.05, 3.63) is 0 Å². The molecule has 3 heteroatoms. The fourth-order valence-electron chi connectivity index (χ4n) is 2.67. The van der Waals surface area contributed by atoms with Crippen molar-refractivity contribution < 1.29 is 4.79 Å². The van der Waals surface area contributed by atoms with Crippen LogP contribution in [0.5, 0.6) is 0 Å². The van der Waals surface area contributed by atoms with Crippen molar-refractivity contribution in [2.45, 2.75) is 71.8 Å². The van der Waals surface area contributed by atoms with Gasteiger partial charge in [0, 0.05) is 25.0 Å². The summed E-state index contributed by atoms with van der Waals surface area (Å²) >= 11 is 0. The third-order valence-corrected chi connectivity index (χ3v) is 4.02. The number of carbonyl (C=O) groups excluding carboxylic acids is 1. The summed E-state index contributed by atoms with van der Waals surface area (Å²) in [6.07, 6.45) is 7.18. The largest absolute Gasteiger partial charge is 0.356 e. The van der Waals surface area contributed by atoms with Crippen LogP contribution in [0.4, 0.5) is 0 Å². The summed E-state index contributed by atoms with van der Waals surface area (Å²) < 4.78 is 0. The Morgan fingerprint density at radius 3 is 2.32 bits per heavy atom. The Morgan fingerprint density at radius 2 is 1.74 bits per heavy atom. The summed E-state index contributed by atoms with van der Waals surface area (Å²) in [6, 6.07) is 0. The van der Waals surface area contributed by atoms with E-state index in [0.717, 1.165) is 31.3 Å². The predicted octanol–water partition coefficient (Wildman–Crippen LogP) is 3.10. The van der Waals surface area contributed by atoms with E-state index in [1.807, 2.05) is 0 Å². The van der Waals surface area contributed by atoms with Gasteiger partial charge in [0.15, 0.2) is 0 Å². The molecular formula is C16H32N2O. The van der Waals surface area contributed by atoms with Crippen LogP contribution in [-0.2, 0) is 4.79 Å². The van der Waals surface area contributed by atoms with Gasteiger partial charge in [-0.2, -0.15) is 0 Å². The van der Waals surface area contributed by atoms with Gasteiger partial charge >= 0.3 is 0 Å². The van der Waals surface area contributed by atoms with Gasteiger partial charge in [-0.15, -0.1) is 0 Å². The van der Waals surface area contributed by atoms with Gasteiger partial charge < -0.3 is 10.6 Å². The number of rotatable bonds is 6. The van der Waals surface area contributed by atoms with Crippen LogP contribution in [-0.4, -0.2) is 24.5 Å². The quantitative estimate of drug-likeness (QED) is 0.777. The first-order valence-electron chi connectivity index (χ1n) is 7.88. The van der Waals surface area contributed by atoms with Crippen LogP contribution < -0.4 is 10.6 Å². The first-order valence-corrected chi connectivity index (χ1v) is 7.88. The lowest BCUT2D eigenvalue weighted by Crippen LogP contribution is -2.38. The first kappa shape index (κ1) is 16.5. The molecule has 19 heavy (non-hydrogen) atoms. The van der Waals surface area contributed by atoms with Crippen LogP contribution in [0.1, 0.15) is 66.2 Å². The SMILES string of the molecule is CC1CCC(CCNC(=O)CCNC(C)(C)C)CC1. The molecule has 0 atom stereocenters. The van der Waals surface area contributed by atoms with Crippen molar-refractivity contribution in [2.24, 2.45) is 11.8 Å². The Morgan fingerprint density at radius 1 is 1.11 bits per heavy atom. The van der Waals surface area contributed by atoms with Crippen molar-refractivity contribution >= 4 is 5.91 Å². The van der Waals surface area contributed by atoms with E-state index in [1.54, 1.807) is 0 Å². The molecule has 0 aromatic carbocycles. The average Bonchev–Trinajstić information content (AvgIpc) is 2.30. The molecule has 0 heterocycles. The predicted molar refractivity (Wildman–Crippen MR) is 81.1 cm³/mol. The maximum atomic E-state index is 11.7. The molecular weight excluding hydrogens is 236 g/mol. The average molecular weight is 268 g/mol. The number of amides is 1. The molecule has 0 aromatic rings. The smallest absolute Gasteiger partial charge is 0.221 e. The van der Waals surface area contributed by atoms with Crippen molar-refractivity contribution in [1.82, 2.24) is 10.6 Å². The van der Waals surface area contributed by atoms with Crippen molar-refractivity contribution in [1.29, 1.82) is 0 Å². The van der Waals surface area contributed by atoms with Gasteiger partial charge in [0.25, 0.3) is 0 Å². The van der Waals surface area contributed by atoms with Crippen LogP contribution in [0.15, 0.2) is 0 Å². The van der Waals surface area contributed by atoms with E-state index in [4.69, 9.17) is 0 Å². The van der Waals surface area contributed by atoms with E-state index in [9.17, 15) is 4.79 Å². The zero-order valence-corrected chi connectivity index (χ0v) is 13.2. The second-order valence-corrected chi connectivity index (χ2v) is 7.19. The summed E-state index contributed by atoms with van der Waals surface area (Å²) in [5.41, 5.74) is 0.0963. The van der Waals surface area contributed by atoms with Crippen LogP contribution in [0.3, 0.4) is 0 Å². The normalized spacial score (nSPS) is 24.2. The minimum absolute atomic E-state index is 0.0963. The van der Waals surface area contributed by atoms with E-state index >= 15 is 0 Å². The monoisotopic (exact) mass is 268 g/mol. The first-order chi connectivity index (χ1) is 8.87. The molecule has 0 saturated heterocycles. The van der Waals surface area contributed by atoms with Crippen LogP contribution in [0.25, 0.3) is 0 Å². The van der Waals surface area contributed by atoms with Crippen molar-refractivity contribution in [3.8, 4) is 0 Å². The molecule has 0 aliphatic heterocycles. The van der Waals surface area contributed by atoms with E-state index < -0.39 is 0 Å². The van der Waals surface area contributed by atoms with E-state index in [-0.39, 0.29) is 11.4 Å². The zero-order valence-electron chi connectivity index (χ0n) is 13.2. The minimum atomic E-state index is 0.0963. The van der Waals surface area contributed by atoms with Crippen LogP contribution in [0, 0.1) is 11.8 Å². The highest BCUT2D eigenvalue weighted by Crippen LogP contribution is 2.29. The highest BCUT2D eigenvalue weighted by Gasteiger charge is 2.17. The van der Waals surface area contributed by atoms with E-state index in [2.05, 4.69) is 38.3 Å². The van der Waals surface area contributed by atoms with Gasteiger partial charge in [-0.25, -0.2) is 0 Å². The molecule has 0 spiro atoms. The number of hydrogen-bond acceptors (Lipinski definition) is 2. The molecule has 3 nitrogen and oxygen atoms in total. The van der Waals surface area contributed by atoms with Gasteiger partial charge in [-0.05, 0) is 39.0 Å². The zero-order chi connectivity index (χ0) is 14.3. The Kier molecular flexibility index (Phi) is 6.84. The molecule has 2 N–H and O–H groups in total. The summed E-state index contributed by atoms with van der Waals surface area (Å²) in [5.74, 6) is 1.93. The molecule has 0 bridgehead atoms. The fraction of sp³-hybridized carbons (Fsp3) is 0.938. The summed E-state index contributed by atoms with van der Waals surface area (Å²) in [5, 5.41) is 6.39. The Balaban J connectivity index is 2.01. The Hall–Kier alpha value is -0.570. The molecule has 1 rings (SSSR count). The van der Waals surface area contributed by atoms with Crippen LogP contribution >= 0.6 is 0 Å². The topological polar surface area (TPSA) is 41.1 Å². The van der Waals surface area contributed by atoms with Gasteiger partial charge in [-0.1, -0.05) is 32.6 Å². The molecule has 0 unspecified atom stereocenters. The Labute approximate surface area is 118 Å². The highest BCUT2D eigenvalue weighted by molar-refractivity contribution is 5.76. The highest BCUT2D eigenvalue weighted by atomic mass is 16.1. The number of nitrogens with one attached hydrogen (secondary N) is 2. The van der Waals surface area contributed by atoms with Crippen molar-refractivity contribution in [2.75, 3.05) is 13.1 Å². The maximum absolute atomic E-state index is 11.7. The van der Waals surface area contributed by atoms with Crippen LogP contribution in [0.2, 0.25) is 0 Å². The van der Waals surface area contributed by atoms with Gasteiger partial charge in [-0.3, -0.25) is 4.79 Å². The maximum Gasteiger partial charge on any atom is 0.221 e. The summed E-state index contributed by atoms with van der Waals surface area (Å²) in [4.78, 5) is 11.7. The molecule has 0 radical (unpaired) electrons. The third-order valence-electron chi connectivity index (χ3n) is 4.02. The van der Waals surface area contributed by atoms with Gasteiger partial charge in [0.1, 0.15) is 0 Å². The third kappa shape index (κ3) is 8.25. The molecule has 1 aliphatic rings. The molecule has 1 amide bonds. The lowest BCUT2D eigenvalue weighted by atomic mass is 9.81. The lowest BCUT2D eigenvalue weighted by molar-refractivity contribution is -0.121. The van der Waals surface area contributed by atoms with Gasteiger partial charge in [0.2, 0.25) is 5.91 Å². The number of carbonyl (C=O) groups is 1. The summed E-state index contributed by atoms with van der Waals surface area (Å²) in [7, 11) is 0. The molecule has 1 fully saturated rings. The number of hydrogen-bond donors (Lipinski definition) is 2. The second kappa shape index (κ2) is 7.88. The standard InChI is InChI=1S/C16H32N2O/c1-13-5-7-14(8-6-13)9-11-17-15(19)10-12-18-16(2,3)4/h13-14,18H,5-12H2,1-4H3,(H,17,19).